The van der Waals surface area contributed by atoms with Crippen LogP contribution in [0.5, 0.6) is 5.75 Å². The van der Waals surface area contributed by atoms with Gasteiger partial charge in [-0.25, -0.2) is 0 Å². The highest BCUT2D eigenvalue weighted by molar-refractivity contribution is 5.93. The molecule has 0 amide bonds. The number of Topliss-reactive ketones (excluding diaryl/α,β-unsaturated/α-hetero) is 1. The highest BCUT2D eigenvalue weighted by Crippen LogP contribution is 2.54. The Kier molecular flexibility index (Phi) is 2.94. The van der Waals surface area contributed by atoms with Gasteiger partial charge in [0.05, 0.1) is 17.0 Å². The van der Waals surface area contributed by atoms with Crippen molar-refractivity contribution in [1.29, 1.82) is 0 Å². The minimum atomic E-state index is -0.167. The molecule has 4 heteroatoms. The van der Waals surface area contributed by atoms with Crippen molar-refractivity contribution < 1.29 is 9.90 Å². The van der Waals surface area contributed by atoms with Crippen molar-refractivity contribution in [1.82, 2.24) is 9.80 Å². The summed E-state index contributed by atoms with van der Waals surface area (Å²) in [6.45, 7) is 7.84. The lowest BCUT2D eigenvalue weighted by Gasteiger charge is -2.66. The van der Waals surface area contributed by atoms with Crippen molar-refractivity contribution in [3.8, 4) is 5.75 Å². The van der Waals surface area contributed by atoms with Crippen LogP contribution in [-0.2, 0) is 4.79 Å². The number of ketones is 1. The monoisotopic (exact) mass is 300 g/mol. The molecule has 22 heavy (non-hydrogen) atoms. The van der Waals surface area contributed by atoms with E-state index in [9.17, 15) is 9.90 Å². The molecule has 0 radical (unpaired) electrons. The summed E-state index contributed by atoms with van der Waals surface area (Å²) >= 11 is 0. The fraction of sp³-hybridized carbons (Fsp3) is 0.611. The first-order valence-electron chi connectivity index (χ1n) is 8.35. The maximum absolute atomic E-state index is 13.1. The minimum Gasteiger partial charge on any atom is -0.508 e. The number of benzene rings is 1. The number of carbonyl (C=O) groups excluding carboxylic acids is 1. The average molecular weight is 300 g/mol. The number of phenolic OH excluding ortho intramolecular Hbond substituents is 1. The van der Waals surface area contributed by atoms with E-state index in [2.05, 4.69) is 23.6 Å². The average Bonchev–Trinajstić information content (AvgIpc) is 2.52. The Morgan fingerprint density at radius 3 is 1.86 bits per heavy atom. The Balaban J connectivity index is 1.74. The summed E-state index contributed by atoms with van der Waals surface area (Å²) in [6, 6.07) is 7.56. The van der Waals surface area contributed by atoms with Crippen LogP contribution in [0.25, 0.3) is 0 Å². The number of aromatic hydroxyl groups is 1. The topological polar surface area (TPSA) is 43.8 Å². The molecule has 4 aliphatic rings. The van der Waals surface area contributed by atoms with Gasteiger partial charge in [0.1, 0.15) is 11.5 Å². The molecular weight excluding hydrogens is 276 g/mol. The zero-order chi connectivity index (χ0) is 15.5. The van der Waals surface area contributed by atoms with E-state index in [0.29, 0.717) is 11.5 Å². The number of phenols is 1. The largest absolute Gasteiger partial charge is 0.508 e. The van der Waals surface area contributed by atoms with Gasteiger partial charge in [-0.15, -0.1) is 0 Å². The van der Waals surface area contributed by atoms with Gasteiger partial charge >= 0.3 is 0 Å². The quantitative estimate of drug-likeness (QED) is 0.931. The van der Waals surface area contributed by atoms with Gasteiger partial charge < -0.3 is 5.11 Å². The molecule has 4 fully saturated rings. The number of nitrogens with zero attached hydrogens (tertiary/aromatic N) is 2. The van der Waals surface area contributed by atoms with Gasteiger partial charge in [-0.3, -0.25) is 14.6 Å². The standard InChI is InChI=1S/C18H24N2O2/c1-3-17-9-19-11-18(4-2,16(17)22)12-20(10-17)15(19)13-5-7-14(21)8-6-13/h5-8,15,21H,3-4,9-12H2,1-2H3. The van der Waals surface area contributed by atoms with Gasteiger partial charge in [0, 0.05) is 26.2 Å². The van der Waals surface area contributed by atoms with Gasteiger partial charge in [0.15, 0.2) is 0 Å². The summed E-state index contributed by atoms with van der Waals surface area (Å²) in [5, 5.41) is 9.53. The van der Waals surface area contributed by atoms with E-state index < -0.39 is 0 Å². The van der Waals surface area contributed by atoms with Gasteiger partial charge in [-0.2, -0.15) is 0 Å². The van der Waals surface area contributed by atoms with E-state index in [1.165, 1.54) is 5.56 Å². The number of hydrogen-bond acceptors (Lipinski definition) is 4. The van der Waals surface area contributed by atoms with E-state index in [1.54, 1.807) is 12.1 Å². The second-order valence-electron chi connectivity index (χ2n) is 7.37. The molecule has 1 aromatic rings. The Morgan fingerprint density at radius 2 is 1.45 bits per heavy atom. The van der Waals surface area contributed by atoms with E-state index in [4.69, 9.17) is 0 Å². The molecule has 4 aliphatic heterocycles. The zero-order valence-corrected chi connectivity index (χ0v) is 13.4. The predicted octanol–water partition coefficient (Wildman–Crippen LogP) is 2.40. The molecule has 0 unspecified atom stereocenters. The summed E-state index contributed by atoms with van der Waals surface area (Å²) in [6.07, 6.45) is 2.12. The van der Waals surface area contributed by atoms with Crippen LogP contribution in [0.1, 0.15) is 38.4 Å². The molecule has 4 bridgehead atoms. The number of hydrogen-bond donors (Lipinski definition) is 1. The van der Waals surface area contributed by atoms with E-state index in [1.807, 2.05) is 12.1 Å². The normalized spacial score (nSPS) is 42.8. The third kappa shape index (κ3) is 1.68. The van der Waals surface area contributed by atoms with Crippen LogP contribution in [0, 0.1) is 10.8 Å². The van der Waals surface area contributed by atoms with E-state index >= 15 is 0 Å². The summed E-state index contributed by atoms with van der Waals surface area (Å²) in [5.41, 5.74) is 0.890. The summed E-state index contributed by atoms with van der Waals surface area (Å²) < 4.78 is 0. The first-order chi connectivity index (χ1) is 10.5. The lowest BCUT2D eigenvalue weighted by atomic mass is 9.58. The lowest BCUT2D eigenvalue weighted by molar-refractivity contribution is -0.204. The van der Waals surface area contributed by atoms with Crippen LogP contribution in [0.2, 0.25) is 0 Å². The summed E-state index contributed by atoms with van der Waals surface area (Å²) in [4.78, 5) is 18.1. The molecule has 0 aliphatic carbocycles. The van der Waals surface area contributed by atoms with Crippen LogP contribution >= 0.6 is 0 Å². The smallest absolute Gasteiger partial charge is 0.150 e. The highest BCUT2D eigenvalue weighted by atomic mass is 16.3. The van der Waals surface area contributed by atoms with E-state index in [-0.39, 0.29) is 17.0 Å². The van der Waals surface area contributed by atoms with Crippen LogP contribution in [0.15, 0.2) is 24.3 Å². The Bertz CT molecular complexity index is 568. The van der Waals surface area contributed by atoms with Crippen LogP contribution in [0.3, 0.4) is 0 Å². The van der Waals surface area contributed by atoms with E-state index in [0.717, 1.165) is 39.0 Å². The second kappa shape index (κ2) is 4.56. The predicted molar refractivity (Wildman–Crippen MR) is 84.4 cm³/mol. The fourth-order valence-corrected chi connectivity index (χ4v) is 5.03. The zero-order valence-electron chi connectivity index (χ0n) is 13.4. The highest BCUT2D eigenvalue weighted by Gasteiger charge is 2.64. The molecular formula is C18H24N2O2. The molecule has 5 rings (SSSR count). The SMILES string of the molecule is CCC12CN3CC(CC)(CN(C1)C3c1ccc(O)cc1)C2=O. The maximum Gasteiger partial charge on any atom is 0.150 e. The molecule has 118 valence electrons. The number of rotatable bonds is 3. The van der Waals surface area contributed by atoms with Crippen LogP contribution in [0.4, 0.5) is 0 Å². The second-order valence-corrected chi connectivity index (χ2v) is 7.37. The van der Waals surface area contributed by atoms with Crippen LogP contribution < -0.4 is 0 Å². The fourth-order valence-electron chi connectivity index (χ4n) is 5.03. The molecule has 4 saturated heterocycles. The van der Waals surface area contributed by atoms with Crippen molar-refractivity contribution in [3.05, 3.63) is 29.8 Å². The maximum atomic E-state index is 13.1. The van der Waals surface area contributed by atoms with Gasteiger partial charge in [0.2, 0.25) is 0 Å². The van der Waals surface area contributed by atoms with Crippen molar-refractivity contribution in [3.63, 3.8) is 0 Å². The number of carbonyl (C=O) groups is 1. The first-order valence-corrected chi connectivity index (χ1v) is 8.35. The molecule has 1 aromatic carbocycles. The summed E-state index contributed by atoms with van der Waals surface area (Å²) in [7, 11) is 0. The van der Waals surface area contributed by atoms with Gasteiger partial charge in [-0.05, 0) is 30.5 Å². The Hall–Kier alpha value is -1.39. The molecule has 4 nitrogen and oxygen atoms in total. The van der Waals surface area contributed by atoms with Crippen LogP contribution in [-0.4, -0.2) is 46.9 Å². The summed E-state index contributed by atoms with van der Waals surface area (Å²) in [5.74, 6) is 0.824. The molecule has 0 saturated carbocycles. The van der Waals surface area contributed by atoms with Crippen molar-refractivity contribution in [2.45, 2.75) is 32.9 Å². The van der Waals surface area contributed by atoms with Crippen molar-refractivity contribution in [2.24, 2.45) is 10.8 Å². The molecule has 0 spiro atoms. The number of piperidine rings is 2. The molecule has 1 N–H and O–H groups in total. The molecule has 0 aromatic heterocycles. The van der Waals surface area contributed by atoms with Gasteiger partial charge in [-0.1, -0.05) is 26.0 Å². The third-order valence-electron chi connectivity index (χ3n) is 6.22. The Morgan fingerprint density at radius 1 is 1.00 bits per heavy atom. The van der Waals surface area contributed by atoms with Crippen molar-refractivity contribution in [2.75, 3.05) is 26.2 Å². The van der Waals surface area contributed by atoms with Crippen molar-refractivity contribution >= 4 is 5.78 Å². The first kappa shape index (κ1) is 14.2. The third-order valence-corrected chi connectivity index (χ3v) is 6.22. The molecule has 4 heterocycles. The molecule has 0 atom stereocenters. The lowest BCUT2D eigenvalue weighted by Crippen LogP contribution is -2.76. The van der Waals surface area contributed by atoms with Gasteiger partial charge in [0.25, 0.3) is 0 Å². The minimum absolute atomic E-state index is 0.167. The Labute approximate surface area is 131 Å².